The van der Waals surface area contributed by atoms with Gasteiger partial charge in [0.15, 0.2) is 5.65 Å². The Hall–Kier alpha value is -2.04. The SMILES string of the molecule is CCc1ccc(NC(=O)c2c(C)nc3c(Cl)cc(Cl)cn23)cc1. The summed E-state index contributed by atoms with van der Waals surface area (Å²) in [7, 11) is 0. The fraction of sp³-hybridized carbons (Fsp3) is 0.176. The molecule has 3 aromatic rings. The van der Waals surface area contributed by atoms with Gasteiger partial charge in [-0.1, -0.05) is 42.3 Å². The minimum atomic E-state index is -0.252. The van der Waals surface area contributed by atoms with Gasteiger partial charge in [0.2, 0.25) is 0 Å². The lowest BCUT2D eigenvalue weighted by molar-refractivity contribution is 0.102. The van der Waals surface area contributed by atoms with Crippen LogP contribution in [0.1, 0.15) is 28.7 Å². The number of imidazole rings is 1. The van der Waals surface area contributed by atoms with Gasteiger partial charge in [-0.05, 0) is 37.1 Å². The minimum absolute atomic E-state index is 0.252. The molecule has 4 nitrogen and oxygen atoms in total. The van der Waals surface area contributed by atoms with Crippen molar-refractivity contribution in [2.24, 2.45) is 0 Å². The summed E-state index contributed by atoms with van der Waals surface area (Å²) in [6, 6.07) is 9.36. The molecular formula is C17H15Cl2N3O. The number of nitrogens with zero attached hydrogens (tertiary/aromatic N) is 2. The molecule has 1 amide bonds. The van der Waals surface area contributed by atoms with Crippen LogP contribution >= 0.6 is 23.2 Å². The molecule has 0 saturated heterocycles. The van der Waals surface area contributed by atoms with E-state index in [0.717, 1.165) is 12.1 Å². The molecule has 0 fully saturated rings. The van der Waals surface area contributed by atoms with Crippen molar-refractivity contribution in [3.8, 4) is 0 Å². The fourth-order valence-electron chi connectivity index (χ4n) is 2.47. The maximum Gasteiger partial charge on any atom is 0.274 e. The number of pyridine rings is 1. The lowest BCUT2D eigenvalue weighted by atomic mass is 10.1. The van der Waals surface area contributed by atoms with Gasteiger partial charge in [-0.15, -0.1) is 0 Å². The Morgan fingerprint density at radius 2 is 1.96 bits per heavy atom. The third-order valence-electron chi connectivity index (χ3n) is 3.65. The number of rotatable bonds is 3. The number of hydrogen-bond acceptors (Lipinski definition) is 2. The van der Waals surface area contributed by atoms with E-state index in [1.54, 1.807) is 23.6 Å². The first-order valence-corrected chi connectivity index (χ1v) is 7.99. The molecule has 0 aliphatic heterocycles. The van der Waals surface area contributed by atoms with Gasteiger partial charge in [0.25, 0.3) is 5.91 Å². The summed E-state index contributed by atoms with van der Waals surface area (Å²) < 4.78 is 1.62. The molecule has 118 valence electrons. The van der Waals surface area contributed by atoms with E-state index in [1.165, 1.54) is 5.56 Å². The lowest BCUT2D eigenvalue weighted by Crippen LogP contribution is -2.15. The first-order chi connectivity index (χ1) is 11.0. The molecule has 2 heterocycles. The fourth-order valence-corrected chi connectivity index (χ4v) is 2.99. The smallest absolute Gasteiger partial charge is 0.274 e. The molecule has 3 rings (SSSR count). The van der Waals surface area contributed by atoms with Crippen molar-refractivity contribution in [3.05, 3.63) is 63.5 Å². The Morgan fingerprint density at radius 1 is 1.26 bits per heavy atom. The zero-order valence-corrected chi connectivity index (χ0v) is 14.2. The number of aromatic nitrogens is 2. The van der Waals surface area contributed by atoms with Gasteiger partial charge in [0.05, 0.1) is 15.7 Å². The Balaban J connectivity index is 1.98. The van der Waals surface area contributed by atoms with Crippen LogP contribution < -0.4 is 5.32 Å². The second-order valence-electron chi connectivity index (χ2n) is 5.25. The zero-order chi connectivity index (χ0) is 16.6. The average molecular weight is 348 g/mol. The number of nitrogens with one attached hydrogen (secondary N) is 1. The Labute approximate surface area is 144 Å². The molecular weight excluding hydrogens is 333 g/mol. The van der Waals surface area contributed by atoms with Crippen molar-refractivity contribution in [1.29, 1.82) is 0 Å². The number of fused-ring (bicyclic) bond motifs is 1. The van der Waals surface area contributed by atoms with Gasteiger partial charge in [0.1, 0.15) is 5.69 Å². The van der Waals surface area contributed by atoms with Crippen LogP contribution in [0.3, 0.4) is 0 Å². The van der Waals surface area contributed by atoms with Crippen molar-refractivity contribution in [2.45, 2.75) is 20.3 Å². The van der Waals surface area contributed by atoms with E-state index in [4.69, 9.17) is 23.2 Å². The first-order valence-electron chi connectivity index (χ1n) is 7.23. The second-order valence-corrected chi connectivity index (χ2v) is 6.09. The summed E-state index contributed by atoms with van der Waals surface area (Å²) in [5.41, 5.74) is 3.48. The van der Waals surface area contributed by atoms with E-state index < -0.39 is 0 Å². The highest BCUT2D eigenvalue weighted by Crippen LogP contribution is 2.25. The van der Waals surface area contributed by atoms with Crippen LogP contribution in [0.4, 0.5) is 5.69 Å². The van der Waals surface area contributed by atoms with Gasteiger partial charge in [-0.25, -0.2) is 4.98 Å². The van der Waals surface area contributed by atoms with Gasteiger partial charge in [-0.3, -0.25) is 9.20 Å². The highest BCUT2D eigenvalue weighted by Gasteiger charge is 2.18. The van der Waals surface area contributed by atoms with Crippen molar-refractivity contribution >= 4 is 40.4 Å². The minimum Gasteiger partial charge on any atom is -0.321 e. The van der Waals surface area contributed by atoms with Gasteiger partial charge < -0.3 is 5.32 Å². The third-order valence-corrected chi connectivity index (χ3v) is 4.14. The summed E-state index contributed by atoms with van der Waals surface area (Å²) >= 11 is 12.2. The van der Waals surface area contributed by atoms with Crippen LogP contribution in [-0.4, -0.2) is 15.3 Å². The normalized spacial score (nSPS) is 11.0. The van der Waals surface area contributed by atoms with Crippen LogP contribution in [0.25, 0.3) is 5.65 Å². The van der Waals surface area contributed by atoms with E-state index in [-0.39, 0.29) is 5.91 Å². The van der Waals surface area contributed by atoms with Crippen LogP contribution in [0, 0.1) is 6.92 Å². The third kappa shape index (κ3) is 3.05. The molecule has 23 heavy (non-hydrogen) atoms. The Kier molecular flexibility index (Phi) is 4.28. The number of halogens is 2. The van der Waals surface area contributed by atoms with Crippen LogP contribution in [-0.2, 0) is 6.42 Å². The quantitative estimate of drug-likeness (QED) is 0.741. The molecule has 0 radical (unpaired) electrons. The molecule has 0 bridgehead atoms. The van der Waals surface area contributed by atoms with Crippen LogP contribution in [0.2, 0.25) is 10.0 Å². The van der Waals surface area contributed by atoms with Crippen molar-refractivity contribution in [1.82, 2.24) is 9.38 Å². The van der Waals surface area contributed by atoms with Crippen molar-refractivity contribution < 1.29 is 4.79 Å². The first kappa shape index (κ1) is 15.8. The van der Waals surface area contributed by atoms with Gasteiger partial charge >= 0.3 is 0 Å². The van der Waals surface area contributed by atoms with Gasteiger partial charge in [-0.2, -0.15) is 0 Å². The maximum atomic E-state index is 12.6. The molecule has 0 saturated carbocycles. The number of benzene rings is 1. The topological polar surface area (TPSA) is 46.4 Å². The molecule has 0 aliphatic carbocycles. The van der Waals surface area contributed by atoms with Crippen LogP contribution in [0.15, 0.2) is 36.5 Å². The molecule has 1 N–H and O–H groups in total. The molecule has 2 aromatic heterocycles. The summed E-state index contributed by atoms with van der Waals surface area (Å²) in [4.78, 5) is 17.0. The standard InChI is InChI=1S/C17H15Cl2N3O/c1-3-11-4-6-13(7-5-11)21-17(23)15-10(2)20-16-14(19)8-12(18)9-22(15)16/h4-9H,3H2,1-2H3,(H,21,23). The van der Waals surface area contributed by atoms with Crippen molar-refractivity contribution in [3.63, 3.8) is 0 Å². The molecule has 0 atom stereocenters. The Bertz CT molecular complexity index is 885. The lowest BCUT2D eigenvalue weighted by Gasteiger charge is -2.07. The molecule has 0 spiro atoms. The maximum absolute atomic E-state index is 12.6. The summed E-state index contributed by atoms with van der Waals surface area (Å²) in [6.45, 7) is 3.86. The highest BCUT2D eigenvalue weighted by molar-refractivity contribution is 6.36. The molecule has 0 aliphatic rings. The number of aryl methyl sites for hydroxylation is 2. The van der Waals surface area contributed by atoms with Gasteiger partial charge in [0, 0.05) is 11.9 Å². The van der Waals surface area contributed by atoms with E-state index in [2.05, 4.69) is 17.2 Å². The largest absolute Gasteiger partial charge is 0.321 e. The van der Waals surface area contributed by atoms with Crippen LogP contribution in [0.5, 0.6) is 0 Å². The average Bonchev–Trinajstić information content (AvgIpc) is 2.84. The number of anilines is 1. The predicted octanol–water partition coefficient (Wildman–Crippen LogP) is 4.76. The monoisotopic (exact) mass is 347 g/mol. The van der Waals surface area contributed by atoms with E-state index in [9.17, 15) is 4.79 Å². The summed E-state index contributed by atoms with van der Waals surface area (Å²) in [5, 5.41) is 3.74. The molecule has 0 unspecified atom stereocenters. The number of carbonyl (C=O) groups excluding carboxylic acids is 1. The highest BCUT2D eigenvalue weighted by atomic mass is 35.5. The number of amides is 1. The zero-order valence-electron chi connectivity index (χ0n) is 12.7. The summed E-state index contributed by atoms with van der Waals surface area (Å²) in [5.74, 6) is -0.252. The van der Waals surface area contributed by atoms with E-state index >= 15 is 0 Å². The Morgan fingerprint density at radius 3 is 2.61 bits per heavy atom. The summed E-state index contributed by atoms with van der Waals surface area (Å²) in [6.07, 6.45) is 2.59. The van der Waals surface area contributed by atoms with Crippen molar-refractivity contribution in [2.75, 3.05) is 5.32 Å². The van der Waals surface area contributed by atoms with E-state index in [1.807, 2.05) is 24.3 Å². The number of hydrogen-bond donors (Lipinski definition) is 1. The molecule has 6 heteroatoms. The predicted molar refractivity (Wildman–Crippen MR) is 93.7 cm³/mol. The molecule has 1 aromatic carbocycles. The van der Waals surface area contributed by atoms with E-state index in [0.29, 0.717) is 27.1 Å². The number of carbonyl (C=O) groups is 1. The second kappa shape index (κ2) is 6.22.